The number of rotatable bonds is 0. The maximum atomic E-state index is 2.30. The number of allylic oxidation sites excluding steroid dienone is 2. The highest BCUT2D eigenvalue weighted by molar-refractivity contribution is 5.40. The van der Waals surface area contributed by atoms with Gasteiger partial charge in [0.15, 0.2) is 0 Å². The van der Waals surface area contributed by atoms with E-state index in [-0.39, 0.29) is 0 Å². The molecular weight excluding hydrogens is 96.1 g/mol. The minimum absolute atomic E-state index is 1.00. The molecule has 1 unspecified atom stereocenters. The second-order valence-electron chi connectivity index (χ2n) is 3.01. The van der Waals surface area contributed by atoms with Crippen LogP contribution in [0.5, 0.6) is 0 Å². The lowest BCUT2D eigenvalue weighted by Gasteiger charge is -2.05. The van der Waals surface area contributed by atoms with Crippen LogP contribution in [0.3, 0.4) is 0 Å². The fourth-order valence-electron chi connectivity index (χ4n) is 1.88. The first-order valence-electron chi connectivity index (χ1n) is 3.59. The first-order valence-corrected chi connectivity index (χ1v) is 3.59. The molecule has 0 heteroatoms. The quantitative estimate of drug-likeness (QED) is 0.418. The zero-order chi connectivity index (χ0) is 5.56. The van der Waals surface area contributed by atoms with Crippen LogP contribution in [0.2, 0.25) is 0 Å². The molecule has 2 aliphatic rings. The average Bonchev–Trinajstić information content (AvgIpc) is 2.46. The zero-order valence-corrected chi connectivity index (χ0v) is 5.41. The number of fused-ring (bicyclic) bond motifs is 1. The van der Waals surface area contributed by atoms with Crippen molar-refractivity contribution in [3.63, 3.8) is 0 Å². The molecule has 0 aliphatic heterocycles. The molecular formula is C8H12. The van der Waals surface area contributed by atoms with Crippen molar-refractivity contribution in [1.82, 2.24) is 0 Å². The Morgan fingerprint density at radius 1 is 1.38 bits per heavy atom. The standard InChI is InChI=1S/C8H12/c1-6-7-4-2-3-5-8(6)7/h7H,2-5H2,1H3. The predicted molar refractivity (Wildman–Crippen MR) is 34.7 cm³/mol. The van der Waals surface area contributed by atoms with Crippen molar-refractivity contribution < 1.29 is 0 Å². The molecule has 0 radical (unpaired) electrons. The van der Waals surface area contributed by atoms with E-state index in [9.17, 15) is 0 Å². The lowest BCUT2D eigenvalue weighted by Crippen LogP contribution is -1.90. The van der Waals surface area contributed by atoms with Crippen molar-refractivity contribution in [3.05, 3.63) is 11.1 Å². The second-order valence-corrected chi connectivity index (χ2v) is 3.01. The Morgan fingerprint density at radius 2 is 2.25 bits per heavy atom. The topological polar surface area (TPSA) is 0 Å². The Labute approximate surface area is 50.6 Å². The van der Waals surface area contributed by atoms with Crippen molar-refractivity contribution in [2.45, 2.75) is 32.6 Å². The zero-order valence-electron chi connectivity index (χ0n) is 5.41. The minimum atomic E-state index is 1.00. The Morgan fingerprint density at radius 3 is 2.75 bits per heavy atom. The summed E-state index contributed by atoms with van der Waals surface area (Å²) in [7, 11) is 0. The number of hydrogen-bond acceptors (Lipinski definition) is 0. The summed E-state index contributed by atoms with van der Waals surface area (Å²) in [5, 5.41) is 0. The van der Waals surface area contributed by atoms with Gasteiger partial charge >= 0.3 is 0 Å². The molecule has 0 aromatic heterocycles. The lowest BCUT2D eigenvalue weighted by atomic mass is 10.00. The molecule has 1 saturated carbocycles. The molecule has 1 atom stereocenters. The third kappa shape index (κ3) is 0.460. The van der Waals surface area contributed by atoms with Crippen LogP contribution in [0.25, 0.3) is 0 Å². The van der Waals surface area contributed by atoms with Gasteiger partial charge in [-0.1, -0.05) is 17.6 Å². The first-order chi connectivity index (χ1) is 3.89. The van der Waals surface area contributed by atoms with Crippen molar-refractivity contribution in [1.29, 1.82) is 0 Å². The largest absolute Gasteiger partial charge is 0.0663 e. The van der Waals surface area contributed by atoms with Gasteiger partial charge < -0.3 is 0 Å². The van der Waals surface area contributed by atoms with E-state index < -0.39 is 0 Å². The van der Waals surface area contributed by atoms with E-state index in [4.69, 9.17) is 0 Å². The third-order valence-electron chi connectivity index (χ3n) is 2.56. The maximum Gasteiger partial charge on any atom is 0.000985 e. The van der Waals surface area contributed by atoms with E-state index in [1.807, 2.05) is 0 Å². The van der Waals surface area contributed by atoms with Crippen molar-refractivity contribution >= 4 is 0 Å². The molecule has 0 heterocycles. The minimum Gasteiger partial charge on any atom is -0.0663 e. The van der Waals surface area contributed by atoms with E-state index in [0.29, 0.717) is 0 Å². The van der Waals surface area contributed by atoms with E-state index >= 15 is 0 Å². The molecule has 2 rings (SSSR count). The smallest absolute Gasteiger partial charge is 0.000985 e. The van der Waals surface area contributed by atoms with Crippen LogP contribution >= 0.6 is 0 Å². The normalized spacial score (nSPS) is 34.9. The molecule has 0 N–H and O–H groups in total. The van der Waals surface area contributed by atoms with Gasteiger partial charge in [0.1, 0.15) is 0 Å². The van der Waals surface area contributed by atoms with Gasteiger partial charge in [0.05, 0.1) is 0 Å². The van der Waals surface area contributed by atoms with Crippen molar-refractivity contribution in [3.8, 4) is 0 Å². The fourth-order valence-corrected chi connectivity index (χ4v) is 1.88. The van der Waals surface area contributed by atoms with E-state index in [0.717, 1.165) is 5.92 Å². The van der Waals surface area contributed by atoms with Crippen LogP contribution in [0.4, 0.5) is 0 Å². The summed E-state index contributed by atoms with van der Waals surface area (Å²) in [6.07, 6.45) is 5.84. The Hall–Kier alpha value is -0.260. The predicted octanol–water partition coefficient (Wildman–Crippen LogP) is 2.51. The summed E-state index contributed by atoms with van der Waals surface area (Å²) in [6.45, 7) is 2.30. The van der Waals surface area contributed by atoms with Crippen molar-refractivity contribution in [2.75, 3.05) is 0 Å². The molecule has 2 aliphatic carbocycles. The summed E-state index contributed by atoms with van der Waals surface area (Å²) >= 11 is 0. The van der Waals surface area contributed by atoms with E-state index in [2.05, 4.69) is 6.92 Å². The van der Waals surface area contributed by atoms with Crippen LogP contribution < -0.4 is 0 Å². The summed E-state index contributed by atoms with van der Waals surface area (Å²) in [6, 6.07) is 0. The van der Waals surface area contributed by atoms with Gasteiger partial charge in [-0.15, -0.1) is 0 Å². The Balaban J connectivity index is 2.09. The van der Waals surface area contributed by atoms with Crippen LogP contribution in [0.15, 0.2) is 11.1 Å². The lowest BCUT2D eigenvalue weighted by molar-refractivity contribution is 0.579. The second kappa shape index (κ2) is 1.37. The fraction of sp³-hybridized carbons (Fsp3) is 0.750. The molecule has 44 valence electrons. The monoisotopic (exact) mass is 108 g/mol. The van der Waals surface area contributed by atoms with Crippen LogP contribution in [-0.2, 0) is 0 Å². The molecule has 0 nitrogen and oxygen atoms in total. The van der Waals surface area contributed by atoms with Gasteiger partial charge in [-0.25, -0.2) is 0 Å². The summed E-state index contributed by atoms with van der Waals surface area (Å²) < 4.78 is 0. The molecule has 0 aromatic rings. The molecule has 0 saturated heterocycles. The van der Waals surface area contributed by atoms with Crippen LogP contribution in [-0.4, -0.2) is 0 Å². The molecule has 0 amide bonds. The van der Waals surface area contributed by atoms with Crippen LogP contribution in [0.1, 0.15) is 32.6 Å². The first kappa shape index (κ1) is 4.60. The molecule has 8 heavy (non-hydrogen) atoms. The SMILES string of the molecule is CC1=C2CCCCC12. The van der Waals surface area contributed by atoms with E-state index in [1.54, 1.807) is 11.1 Å². The maximum absolute atomic E-state index is 2.30. The number of hydrogen-bond donors (Lipinski definition) is 0. The Kier molecular flexibility index (Phi) is 0.787. The van der Waals surface area contributed by atoms with Crippen molar-refractivity contribution in [2.24, 2.45) is 5.92 Å². The van der Waals surface area contributed by atoms with Gasteiger partial charge in [-0.3, -0.25) is 0 Å². The third-order valence-corrected chi connectivity index (χ3v) is 2.56. The highest BCUT2D eigenvalue weighted by Crippen LogP contribution is 2.48. The highest BCUT2D eigenvalue weighted by Gasteiger charge is 2.33. The Bertz CT molecular complexity index is 142. The summed E-state index contributed by atoms with van der Waals surface area (Å²) in [5.74, 6) is 1.00. The highest BCUT2D eigenvalue weighted by atomic mass is 14.4. The van der Waals surface area contributed by atoms with Crippen LogP contribution in [0, 0.1) is 5.92 Å². The van der Waals surface area contributed by atoms with Gasteiger partial charge in [0.25, 0.3) is 0 Å². The van der Waals surface area contributed by atoms with Gasteiger partial charge in [-0.2, -0.15) is 0 Å². The van der Waals surface area contributed by atoms with Gasteiger partial charge in [-0.05, 0) is 26.2 Å². The molecule has 0 bridgehead atoms. The molecule has 1 fully saturated rings. The van der Waals surface area contributed by atoms with Gasteiger partial charge in [0.2, 0.25) is 0 Å². The summed E-state index contributed by atoms with van der Waals surface area (Å²) in [4.78, 5) is 0. The summed E-state index contributed by atoms with van der Waals surface area (Å²) in [5.41, 5.74) is 3.53. The average molecular weight is 108 g/mol. The molecule has 0 aromatic carbocycles. The molecule has 0 spiro atoms. The van der Waals surface area contributed by atoms with Gasteiger partial charge in [0, 0.05) is 5.92 Å². The van der Waals surface area contributed by atoms with E-state index in [1.165, 1.54) is 25.7 Å².